The first-order valence-corrected chi connectivity index (χ1v) is 10.6. The molecule has 0 aliphatic rings. The molecule has 0 unspecified atom stereocenters. The molecule has 18 heavy (non-hydrogen) atoms. The standard InChI is InChI=1S/C15H25BrOSi/c1-15(2,3)18(4,5)17-12-14-8-6-13(7-9-14)10-11-16/h6-9H,10-12H2,1-5H3. The van der Waals surface area contributed by atoms with Crippen LogP contribution >= 0.6 is 15.9 Å². The molecule has 0 bridgehead atoms. The van der Waals surface area contributed by atoms with E-state index in [4.69, 9.17) is 4.43 Å². The molecule has 102 valence electrons. The van der Waals surface area contributed by atoms with E-state index in [9.17, 15) is 0 Å². The van der Waals surface area contributed by atoms with E-state index in [1.807, 2.05) is 0 Å². The number of rotatable bonds is 5. The Balaban J connectivity index is 2.59. The summed E-state index contributed by atoms with van der Waals surface area (Å²) in [5, 5.41) is 1.30. The summed E-state index contributed by atoms with van der Waals surface area (Å²) in [4.78, 5) is 0. The van der Waals surface area contributed by atoms with Crippen LogP contribution in [0.2, 0.25) is 18.1 Å². The van der Waals surface area contributed by atoms with Crippen molar-refractivity contribution in [2.45, 2.75) is 51.9 Å². The van der Waals surface area contributed by atoms with Gasteiger partial charge in [0.05, 0.1) is 6.61 Å². The van der Waals surface area contributed by atoms with Gasteiger partial charge >= 0.3 is 0 Å². The van der Waals surface area contributed by atoms with Gasteiger partial charge in [-0.15, -0.1) is 0 Å². The predicted octanol–water partition coefficient (Wildman–Crippen LogP) is 5.15. The van der Waals surface area contributed by atoms with E-state index in [2.05, 4.69) is 74.1 Å². The topological polar surface area (TPSA) is 9.23 Å². The molecule has 0 amide bonds. The van der Waals surface area contributed by atoms with Crippen molar-refractivity contribution < 1.29 is 4.43 Å². The highest BCUT2D eigenvalue weighted by atomic mass is 79.9. The molecule has 0 aliphatic heterocycles. The van der Waals surface area contributed by atoms with Crippen molar-refractivity contribution in [3.05, 3.63) is 35.4 Å². The van der Waals surface area contributed by atoms with Crippen molar-refractivity contribution in [1.82, 2.24) is 0 Å². The van der Waals surface area contributed by atoms with Crippen LogP contribution in [0.15, 0.2) is 24.3 Å². The Labute approximate surface area is 121 Å². The molecule has 3 heteroatoms. The van der Waals surface area contributed by atoms with Gasteiger partial charge in [0.15, 0.2) is 8.32 Å². The lowest BCUT2D eigenvalue weighted by Gasteiger charge is -2.36. The second-order valence-corrected chi connectivity index (χ2v) is 11.9. The monoisotopic (exact) mass is 328 g/mol. The van der Waals surface area contributed by atoms with Gasteiger partial charge in [0.25, 0.3) is 0 Å². The Morgan fingerprint density at radius 3 is 2.00 bits per heavy atom. The Kier molecular flexibility index (Phi) is 5.62. The number of hydrogen-bond donors (Lipinski definition) is 0. The Morgan fingerprint density at radius 1 is 1.06 bits per heavy atom. The summed E-state index contributed by atoms with van der Waals surface area (Å²) in [6, 6.07) is 8.77. The highest BCUT2D eigenvalue weighted by Gasteiger charge is 2.36. The minimum absolute atomic E-state index is 0.281. The molecule has 1 nitrogen and oxygen atoms in total. The summed E-state index contributed by atoms with van der Waals surface area (Å²) in [5.74, 6) is 0. The smallest absolute Gasteiger partial charge is 0.192 e. The van der Waals surface area contributed by atoms with Crippen molar-refractivity contribution in [2.24, 2.45) is 0 Å². The predicted molar refractivity (Wildman–Crippen MR) is 85.9 cm³/mol. The van der Waals surface area contributed by atoms with Crippen LogP contribution in [0.25, 0.3) is 0 Å². The average molecular weight is 329 g/mol. The minimum atomic E-state index is -1.62. The average Bonchev–Trinajstić information content (AvgIpc) is 2.27. The number of halogens is 1. The molecule has 1 aromatic rings. The maximum Gasteiger partial charge on any atom is 0.192 e. The number of benzene rings is 1. The molecule has 0 N–H and O–H groups in total. The van der Waals surface area contributed by atoms with Crippen molar-refractivity contribution in [3.8, 4) is 0 Å². The zero-order valence-corrected chi connectivity index (χ0v) is 14.8. The third kappa shape index (κ3) is 4.52. The Hall–Kier alpha value is -0.123. The zero-order valence-electron chi connectivity index (χ0n) is 12.2. The van der Waals surface area contributed by atoms with E-state index >= 15 is 0 Å². The number of aryl methyl sites for hydroxylation is 1. The molecule has 0 aliphatic carbocycles. The van der Waals surface area contributed by atoms with Gasteiger partial charge in [0.1, 0.15) is 0 Å². The minimum Gasteiger partial charge on any atom is -0.413 e. The van der Waals surface area contributed by atoms with Crippen molar-refractivity contribution in [3.63, 3.8) is 0 Å². The Bertz CT molecular complexity index is 365. The van der Waals surface area contributed by atoms with Crippen LogP contribution in [0, 0.1) is 0 Å². The van der Waals surface area contributed by atoms with Crippen molar-refractivity contribution in [1.29, 1.82) is 0 Å². The van der Waals surface area contributed by atoms with E-state index in [0.29, 0.717) is 0 Å². The van der Waals surface area contributed by atoms with Crippen LogP contribution in [0.4, 0.5) is 0 Å². The van der Waals surface area contributed by atoms with Gasteiger partial charge in [0, 0.05) is 5.33 Å². The molecule has 0 saturated carbocycles. The lowest BCUT2D eigenvalue weighted by Crippen LogP contribution is -2.40. The summed E-state index contributed by atoms with van der Waals surface area (Å²) in [6.07, 6.45) is 1.09. The van der Waals surface area contributed by atoms with Crippen LogP contribution in [-0.2, 0) is 17.5 Å². The first-order chi connectivity index (χ1) is 8.26. The van der Waals surface area contributed by atoms with E-state index in [-0.39, 0.29) is 5.04 Å². The van der Waals surface area contributed by atoms with E-state index in [1.54, 1.807) is 0 Å². The fourth-order valence-corrected chi connectivity index (χ4v) is 2.81. The third-order valence-corrected chi connectivity index (χ3v) is 8.69. The molecular weight excluding hydrogens is 304 g/mol. The SMILES string of the molecule is CC(C)(C)[Si](C)(C)OCc1ccc(CCBr)cc1. The lowest BCUT2D eigenvalue weighted by molar-refractivity contribution is 0.276. The summed E-state index contributed by atoms with van der Waals surface area (Å²) in [7, 11) is -1.62. The van der Waals surface area contributed by atoms with Gasteiger partial charge < -0.3 is 4.43 Å². The van der Waals surface area contributed by atoms with Gasteiger partial charge in [-0.25, -0.2) is 0 Å². The molecule has 0 aromatic heterocycles. The van der Waals surface area contributed by atoms with Gasteiger partial charge in [-0.2, -0.15) is 0 Å². The first-order valence-electron chi connectivity index (χ1n) is 6.54. The van der Waals surface area contributed by atoms with Crippen LogP contribution in [0.3, 0.4) is 0 Å². The summed E-state index contributed by atoms with van der Waals surface area (Å²) in [6.45, 7) is 12.2. The number of hydrogen-bond acceptors (Lipinski definition) is 1. The van der Waals surface area contributed by atoms with Crippen molar-refractivity contribution >= 4 is 24.2 Å². The molecule has 1 rings (SSSR count). The fraction of sp³-hybridized carbons (Fsp3) is 0.600. The molecule has 1 aromatic carbocycles. The van der Waals surface area contributed by atoms with E-state index < -0.39 is 8.32 Å². The van der Waals surface area contributed by atoms with Crippen LogP contribution in [-0.4, -0.2) is 13.6 Å². The second-order valence-electron chi connectivity index (χ2n) is 6.30. The van der Waals surface area contributed by atoms with E-state index in [1.165, 1.54) is 11.1 Å². The first kappa shape index (κ1) is 15.9. The molecule has 0 saturated heterocycles. The normalized spacial score (nSPS) is 12.8. The van der Waals surface area contributed by atoms with Crippen LogP contribution in [0.5, 0.6) is 0 Å². The summed E-state index contributed by atoms with van der Waals surface area (Å²) < 4.78 is 6.21. The maximum absolute atomic E-state index is 6.21. The molecule has 0 fully saturated rings. The largest absolute Gasteiger partial charge is 0.413 e. The summed E-state index contributed by atoms with van der Waals surface area (Å²) >= 11 is 3.46. The highest BCUT2D eigenvalue weighted by Crippen LogP contribution is 2.37. The van der Waals surface area contributed by atoms with Crippen LogP contribution < -0.4 is 0 Å². The lowest BCUT2D eigenvalue weighted by atomic mass is 10.1. The maximum atomic E-state index is 6.21. The van der Waals surface area contributed by atoms with Gasteiger partial charge in [0.2, 0.25) is 0 Å². The fourth-order valence-electron chi connectivity index (χ4n) is 1.39. The van der Waals surface area contributed by atoms with E-state index in [0.717, 1.165) is 18.4 Å². The quantitative estimate of drug-likeness (QED) is 0.536. The molecule has 0 spiro atoms. The van der Waals surface area contributed by atoms with Gasteiger partial charge in [-0.3, -0.25) is 0 Å². The molecule has 0 heterocycles. The molecule has 0 atom stereocenters. The highest BCUT2D eigenvalue weighted by molar-refractivity contribution is 9.09. The Morgan fingerprint density at radius 2 is 1.56 bits per heavy atom. The van der Waals surface area contributed by atoms with Crippen molar-refractivity contribution in [2.75, 3.05) is 5.33 Å². The van der Waals surface area contributed by atoms with Gasteiger partial charge in [-0.1, -0.05) is 61.0 Å². The second kappa shape index (κ2) is 6.35. The number of alkyl halides is 1. The van der Waals surface area contributed by atoms with Crippen LogP contribution in [0.1, 0.15) is 31.9 Å². The summed E-state index contributed by atoms with van der Waals surface area (Å²) in [5.41, 5.74) is 2.65. The molecular formula is C15H25BrOSi. The third-order valence-electron chi connectivity index (χ3n) is 3.81. The zero-order chi connectivity index (χ0) is 13.8. The van der Waals surface area contributed by atoms with Gasteiger partial charge in [-0.05, 0) is 35.7 Å². The molecule has 0 radical (unpaired) electrons.